The van der Waals surface area contributed by atoms with Crippen molar-refractivity contribution in [1.82, 2.24) is 14.7 Å². The summed E-state index contributed by atoms with van der Waals surface area (Å²) in [5, 5.41) is 0. The number of hydrogen-bond donors (Lipinski definition) is 0. The summed E-state index contributed by atoms with van der Waals surface area (Å²) in [7, 11) is 7.27. The molecule has 2 aromatic rings. The van der Waals surface area contributed by atoms with Crippen LogP contribution >= 0.6 is 0 Å². The fourth-order valence-electron chi connectivity index (χ4n) is 6.44. The Morgan fingerprint density at radius 2 is 1.84 bits per heavy atom. The number of nitrogens with zero attached hydrogens (tertiary/aromatic N) is 4. The first-order valence-electron chi connectivity index (χ1n) is 13.4. The molecular weight excluding hydrogens is 480 g/mol. The zero-order chi connectivity index (χ0) is 27.2. The monoisotopic (exact) mass is 518 g/mol. The lowest BCUT2D eigenvalue weighted by atomic mass is 9.82. The molecule has 8 nitrogen and oxygen atoms in total. The van der Waals surface area contributed by atoms with Gasteiger partial charge in [-0.3, -0.25) is 9.69 Å². The Balaban J connectivity index is 1.46. The molecule has 0 N–H and O–H groups in total. The van der Waals surface area contributed by atoms with Gasteiger partial charge in [-0.25, -0.2) is 4.79 Å². The van der Waals surface area contributed by atoms with Crippen LogP contribution in [-0.4, -0.2) is 80.1 Å². The highest BCUT2D eigenvalue weighted by atomic mass is 16.5. The van der Waals surface area contributed by atoms with Crippen LogP contribution in [0.5, 0.6) is 11.5 Å². The van der Waals surface area contributed by atoms with E-state index in [-0.39, 0.29) is 17.9 Å². The number of urea groups is 1. The minimum atomic E-state index is -0.429. The van der Waals surface area contributed by atoms with Crippen LogP contribution in [0.15, 0.2) is 48.2 Å². The zero-order valence-electron chi connectivity index (χ0n) is 23.3. The van der Waals surface area contributed by atoms with E-state index in [0.717, 1.165) is 34.0 Å². The molecule has 2 saturated heterocycles. The Kier molecular flexibility index (Phi) is 6.75. The first-order valence-corrected chi connectivity index (χ1v) is 13.4. The number of likely N-dealkylation sites (tertiary alicyclic amines) is 1. The Morgan fingerprint density at radius 3 is 2.47 bits per heavy atom. The van der Waals surface area contributed by atoms with Crippen LogP contribution in [0.2, 0.25) is 0 Å². The Bertz CT molecular complexity index is 1280. The van der Waals surface area contributed by atoms with Gasteiger partial charge in [-0.2, -0.15) is 0 Å². The van der Waals surface area contributed by atoms with E-state index in [1.807, 2.05) is 77.0 Å². The molecule has 8 heteroatoms. The van der Waals surface area contributed by atoms with E-state index < -0.39 is 5.54 Å². The van der Waals surface area contributed by atoms with Crippen molar-refractivity contribution in [2.45, 2.75) is 44.7 Å². The summed E-state index contributed by atoms with van der Waals surface area (Å²) in [5.74, 6) is 1.59. The maximum atomic E-state index is 13.8. The number of carbonyl (C=O) groups is 2. The van der Waals surface area contributed by atoms with E-state index in [4.69, 9.17) is 9.47 Å². The molecule has 0 unspecified atom stereocenters. The predicted molar refractivity (Wildman–Crippen MR) is 148 cm³/mol. The predicted octanol–water partition coefficient (Wildman–Crippen LogP) is 4.70. The topological polar surface area (TPSA) is 65.6 Å². The van der Waals surface area contributed by atoms with Crippen LogP contribution in [0.4, 0.5) is 10.5 Å². The first kappa shape index (κ1) is 25.9. The quantitative estimate of drug-likeness (QED) is 0.574. The van der Waals surface area contributed by atoms with Gasteiger partial charge in [0.1, 0.15) is 11.5 Å². The summed E-state index contributed by atoms with van der Waals surface area (Å²) in [4.78, 5) is 35.1. The molecule has 5 rings (SSSR count). The molecule has 0 saturated carbocycles. The number of piperidine rings is 1. The molecule has 2 aromatic carbocycles. The van der Waals surface area contributed by atoms with Crippen molar-refractivity contribution in [1.29, 1.82) is 0 Å². The zero-order valence-corrected chi connectivity index (χ0v) is 23.3. The molecule has 2 fully saturated rings. The van der Waals surface area contributed by atoms with Crippen LogP contribution in [0.1, 0.15) is 54.1 Å². The van der Waals surface area contributed by atoms with Crippen molar-refractivity contribution in [3.05, 3.63) is 64.9 Å². The summed E-state index contributed by atoms with van der Waals surface area (Å²) in [6, 6.07) is 11.7. The van der Waals surface area contributed by atoms with Crippen molar-refractivity contribution < 1.29 is 19.1 Å². The molecule has 0 aromatic heterocycles. The highest BCUT2D eigenvalue weighted by Crippen LogP contribution is 2.49. The first-order chi connectivity index (χ1) is 18.2. The molecule has 1 atom stereocenters. The SMILES string of the molecule is CCN1C(=O)N2Cc3cc(OC)cc(OC)c3[C@@H](C)C=C2C12CCN(C(=O)c1cccc(N(C)C)c1)CC2. The number of benzene rings is 2. The number of amides is 3. The average Bonchev–Trinajstić information content (AvgIpc) is 3.03. The summed E-state index contributed by atoms with van der Waals surface area (Å²) in [6.07, 6.45) is 3.65. The molecule has 3 aliphatic rings. The highest BCUT2D eigenvalue weighted by Gasteiger charge is 2.55. The minimum Gasteiger partial charge on any atom is -0.497 e. The van der Waals surface area contributed by atoms with Crippen molar-refractivity contribution >= 4 is 17.6 Å². The Morgan fingerprint density at radius 1 is 1.11 bits per heavy atom. The van der Waals surface area contributed by atoms with Crippen LogP contribution in [0.25, 0.3) is 0 Å². The number of rotatable bonds is 5. The molecule has 0 aliphatic carbocycles. The van der Waals surface area contributed by atoms with E-state index in [2.05, 4.69) is 13.0 Å². The van der Waals surface area contributed by atoms with Gasteiger partial charge >= 0.3 is 6.03 Å². The second-order valence-corrected chi connectivity index (χ2v) is 10.6. The lowest BCUT2D eigenvalue weighted by Gasteiger charge is -2.44. The van der Waals surface area contributed by atoms with Crippen molar-refractivity contribution in [2.24, 2.45) is 0 Å². The summed E-state index contributed by atoms with van der Waals surface area (Å²) < 4.78 is 11.3. The van der Waals surface area contributed by atoms with Gasteiger partial charge in [0.25, 0.3) is 5.91 Å². The van der Waals surface area contributed by atoms with Crippen molar-refractivity contribution in [3.63, 3.8) is 0 Å². The maximum absolute atomic E-state index is 13.8. The number of methoxy groups -OCH3 is 2. The number of likely N-dealkylation sites (N-methyl/N-ethyl adjacent to an activating group) is 1. The highest BCUT2D eigenvalue weighted by molar-refractivity contribution is 5.95. The molecule has 202 valence electrons. The summed E-state index contributed by atoms with van der Waals surface area (Å²) >= 11 is 0. The number of carbonyl (C=O) groups excluding carboxylic acids is 2. The molecule has 38 heavy (non-hydrogen) atoms. The lowest BCUT2D eigenvalue weighted by Crippen LogP contribution is -2.54. The normalized spacial score (nSPS) is 20.1. The van der Waals surface area contributed by atoms with Gasteiger partial charge in [-0.15, -0.1) is 0 Å². The van der Waals surface area contributed by atoms with Crippen LogP contribution in [-0.2, 0) is 6.54 Å². The lowest BCUT2D eigenvalue weighted by molar-refractivity contribution is 0.0575. The number of ether oxygens (including phenoxy) is 2. The fraction of sp³-hybridized carbons (Fsp3) is 0.467. The van der Waals surface area contributed by atoms with Gasteiger partial charge in [-0.1, -0.05) is 19.1 Å². The van der Waals surface area contributed by atoms with E-state index in [0.29, 0.717) is 44.6 Å². The summed E-state index contributed by atoms with van der Waals surface area (Å²) in [5.41, 5.74) is 4.45. The van der Waals surface area contributed by atoms with E-state index in [9.17, 15) is 9.59 Å². The average molecular weight is 519 g/mol. The third kappa shape index (κ3) is 4.06. The molecule has 3 amide bonds. The Labute approximate surface area is 225 Å². The maximum Gasteiger partial charge on any atom is 0.325 e. The number of anilines is 1. The number of allylic oxidation sites excluding steroid dienone is 1. The number of fused-ring (bicyclic) bond motifs is 3. The van der Waals surface area contributed by atoms with Gasteiger partial charge in [0.05, 0.1) is 26.3 Å². The molecule has 0 radical (unpaired) electrons. The smallest absolute Gasteiger partial charge is 0.325 e. The van der Waals surface area contributed by atoms with E-state index in [1.165, 1.54) is 0 Å². The third-order valence-electron chi connectivity index (χ3n) is 8.40. The van der Waals surface area contributed by atoms with Crippen molar-refractivity contribution in [2.75, 3.05) is 52.8 Å². The van der Waals surface area contributed by atoms with Gasteiger partial charge in [-0.05, 0) is 49.6 Å². The molecule has 3 heterocycles. The standard InChI is InChI=1S/C30H38N4O4/c1-7-34-29(36)33-19-22-17-24(37-5)18-25(38-6)27(22)20(2)15-26(33)30(34)11-13-32(14-12-30)28(35)21-9-8-10-23(16-21)31(3)4/h8-10,15-18,20H,7,11-14,19H2,1-6H3/t20-/m0/s1. The van der Waals surface area contributed by atoms with Gasteiger partial charge in [0.2, 0.25) is 0 Å². The Hall–Kier alpha value is -3.68. The van der Waals surface area contributed by atoms with Crippen molar-refractivity contribution in [3.8, 4) is 11.5 Å². The minimum absolute atomic E-state index is 0.0269. The van der Waals surface area contributed by atoms with Gasteiger partial charge in [0.15, 0.2) is 0 Å². The molecule has 0 bridgehead atoms. The van der Waals surface area contributed by atoms with E-state index >= 15 is 0 Å². The van der Waals surface area contributed by atoms with Gasteiger partial charge in [0, 0.05) is 68.2 Å². The van der Waals surface area contributed by atoms with E-state index in [1.54, 1.807) is 14.2 Å². The second-order valence-electron chi connectivity index (χ2n) is 10.6. The fourth-order valence-corrected chi connectivity index (χ4v) is 6.44. The summed E-state index contributed by atoms with van der Waals surface area (Å²) in [6.45, 7) is 6.48. The number of hydrogen-bond acceptors (Lipinski definition) is 5. The third-order valence-corrected chi connectivity index (χ3v) is 8.40. The van der Waals surface area contributed by atoms with Crippen LogP contribution in [0.3, 0.4) is 0 Å². The van der Waals surface area contributed by atoms with Crippen LogP contribution < -0.4 is 14.4 Å². The molecule has 3 aliphatic heterocycles. The van der Waals surface area contributed by atoms with Crippen LogP contribution in [0, 0.1) is 0 Å². The molecular formula is C30H38N4O4. The second kappa shape index (κ2) is 9.89. The largest absolute Gasteiger partial charge is 0.497 e. The van der Waals surface area contributed by atoms with Gasteiger partial charge < -0.3 is 24.2 Å². The molecule has 1 spiro atoms.